The second-order valence-corrected chi connectivity index (χ2v) is 6.70. The van der Waals surface area contributed by atoms with Gasteiger partial charge in [0, 0.05) is 16.0 Å². The van der Waals surface area contributed by atoms with Crippen LogP contribution >= 0.6 is 11.3 Å². The minimum Gasteiger partial charge on any atom is -0.488 e. The first-order chi connectivity index (χ1) is 11.5. The molecule has 1 aromatic carbocycles. The lowest BCUT2D eigenvalue weighted by Crippen LogP contribution is -2.39. The number of carbonyl (C=O) groups is 2. The van der Waals surface area contributed by atoms with Crippen molar-refractivity contribution in [3.05, 3.63) is 40.3 Å². The van der Waals surface area contributed by atoms with Crippen LogP contribution in [0.2, 0.25) is 0 Å². The van der Waals surface area contributed by atoms with Crippen LogP contribution in [0.5, 0.6) is 5.75 Å². The lowest BCUT2D eigenvalue weighted by atomic mass is 10.0. The SMILES string of the molecule is CCOC(=O)[C@H](C)NC(=O)c1cc2c(s1)-c1c(C)cccc1OC2. The minimum atomic E-state index is -0.679. The summed E-state index contributed by atoms with van der Waals surface area (Å²) in [4.78, 5) is 25.7. The Morgan fingerprint density at radius 2 is 2.21 bits per heavy atom. The zero-order valence-electron chi connectivity index (χ0n) is 13.8. The Kier molecular flexibility index (Phi) is 4.57. The molecule has 3 rings (SSSR count). The summed E-state index contributed by atoms with van der Waals surface area (Å²) in [5.74, 6) is 0.137. The van der Waals surface area contributed by atoms with E-state index in [1.165, 1.54) is 11.3 Å². The molecule has 1 aliphatic heterocycles. The van der Waals surface area contributed by atoms with Crippen molar-refractivity contribution in [3.63, 3.8) is 0 Å². The third-order valence-electron chi connectivity index (χ3n) is 3.87. The average molecular weight is 345 g/mol. The van der Waals surface area contributed by atoms with Gasteiger partial charge in [-0.2, -0.15) is 0 Å². The van der Waals surface area contributed by atoms with Crippen LogP contribution < -0.4 is 10.1 Å². The van der Waals surface area contributed by atoms with Crippen molar-refractivity contribution in [1.82, 2.24) is 5.32 Å². The number of benzene rings is 1. The smallest absolute Gasteiger partial charge is 0.328 e. The maximum absolute atomic E-state index is 12.4. The molecular weight excluding hydrogens is 326 g/mol. The number of hydrogen-bond acceptors (Lipinski definition) is 5. The standard InChI is InChI=1S/C18H19NO4S/c1-4-22-18(21)11(3)19-17(20)14-8-12-9-23-13-7-5-6-10(2)15(13)16(12)24-14/h5-8,11H,4,9H2,1-3H3,(H,19,20)/t11-/m0/s1. The van der Waals surface area contributed by atoms with E-state index in [2.05, 4.69) is 5.32 Å². The number of carbonyl (C=O) groups excluding carboxylic acids is 2. The van der Waals surface area contributed by atoms with E-state index in [9.17, 15) is 9.59 Å². The molecule has 0 bridgehead atoms. The Morgan fingerprint density at radius 3 is 2.96 bits per heavy atom. The van der Waals surface area contributed by atoms with Crippen LogP contribution in [0.1, 0.15) is 34.6 Å². The van der Waals surface area contributed by atoms with Crippen molar-refractivity contribution in [1.29, 1.82) is 0 Å². The van der Waals surface area contributed by atoms with Crippen molar-refractivity contribution in [2.45, 2.75) is 33.4 Å². The highest BCUT2D eigenvalue weighted by atomic mass is 32.1. The lowest BCUT2D eigenvalue weighted by Gasteiger charge is -2.19. The van der Waals surface area contributed by atoms with Gasteiger partial charge in [0.25, 0.3) is 5.91 Å². The highest BCUT2D eigenvalue weighted by Gasteiger charge is 2.25. The average Bonchev–Trinajstić information content (AvgIpc) is 2.99. The first-order valence-corrected chi connectivity index (χ1v) is 8.66. The number of thiophene rings is 1. The van der Waals surface area contributed by atoms with Crippen LogP contribution in [0.4, 0.5) is 0 Å². The Morgan fingerprint density at radius 1 is 1.42 bits per heavy atom. The van der Waals surface area contributed by atoms with E-state index < -0.39 is 12.0 Å². The first-order valence-electron chi connectivity index (χ1n) is 7.84. The first kappa shape index (κ1) is 16.5. The highest BCUT2D eigenvalue weighted by Crippen LogP contribution is 2.44. The molecule has 0 saturated heterocycles. The third-order valence-corrected chi connectivity index (χ3v) is 5.06. The van der Waals surface area contributed by atoms with Crippen molar-refractivity contribution >= 4 is 23.2 Å². The number of rotatable bonds is 4. The number of nitrogens with one attached hydrogen (secondary N) is 1. The molecule has 1 amide bonds. The fourth-order valence-electron chi connectivity index (χ4n) is 2.66. The summed E-state index contributed by atoms with van der Waals surface area (Å²) in [7, 11) is 0. The molecular formula is C18H19NO4S. The number of fused-ring (bicyclic) bond motifs is 3. The summed E-state index contributed by atoms with van der Waals surface area (Å²) in [6.07, 6.45) is 0. The number of esters is 1. The van der Waals surface area contributed by atoms with Gasteiger partial charge in [-0.1, -0.05) is 12.1 Å². The van der Waals surface area contributed by atoms with E-state index in [-0.39, 0.29) is 5.91 Å². The van der Waals surface area contributed by atoms with Crippen LogP contribution in [0.25, 0.3) is 10.4 Å². The topological polar surface area (TPSA) is 64.6 Å². The molecule has 2 aromatic rings. The second kappa shape index (κ2) is 6.65. The molecule has 1 aromatic heterocycles. The quantitative estimate of drug-likeness (QED) is 0.864. The van der Waals surface area contributed by atoms with Gasteiger partial charge >= 0.3 is 5.97 Å². The normalized spacial score (nSPS) is 13.3. The predicted octanol–water partition coefficient (Wildman–Crippen LogP) is 3.30. The van der Waals surface area contributed by atoms with E-state index in [0.29, 0.717) is 18.1 Å². The lowest BCUT2D eigenvalue weighted by molar-refractivity contribution is -0.144. The van der Waals surface area contributed by atoms with E-state index in [1.807, 2.05) is 31.2 Å². The summed E-state index contributed by atoms with van der Waals surface area (Å²) < 4.78 is 10.7. The van der Waals surface area contributed by atoms with Gasteiger partial charge in [0.15, 0.2) is 0 Å². The van der Waals surface area contributed by atoms with Gasteiger partial charge in [0.2, 0.25) is 0 Å². The van der Waals surface area contributed by atoms with Crippen LogP contribution in [-0.2, 0) is 16.1 Å². The van der Waals surface area contributed by atoms with Crippen LogP contribution in [-0.4, -0.2) is 24.5 Å². The Labute approximate surface area is 144 Å². The van der Waals surface area contributed by atoms with Crippen LogP contribution in [0.3, 0.4) is 0 Å². The van der Waals surface area contributed by atoms with E-state index >= 15 is 0 Å². The Hall–Kier alpha value is -2.34. The number of ether oxygens (including phenoxy) is 2. The summed E-state index contributed by atoms with van der Waals surface area (Å²) in [6, 6.07) is 7.08. The minimum absolute atomic E-state index is 0.273. The molecule has 1 N–H and O–H groups in total. The van der Waals surface area contributed by atoms with E-state index in [4.69, 9.17) is 9.47 Å². The largest absolute Gasteiger partial charge is 0.488 e. The molecule has 6 heteroatoms. The van der Waals surface area contributed by atoms with Crippen molar-refractivity contribution in [2.24, 2.45) is 0 Å². The molecule has 5 nitrogen and oxygen atoms in total. The van der Waals surface area contributed by atoms with Gasteiger partial charge in [-0.3, -0.25) is 4.79 Å². The third kappa shape index (κ3) is 3.01. The van der Waals surface area contributed by atoms with Crippen molar-refractivity contribution < 1.29 is 19.1 Å². The summed E-state index contributed by atoms with van der Waals surface area (Å²) in [6.45, 7) is 6.12. The van der Waals surface area contributed by atoms with E-state index in [0.717, 1.165) is 27.3 Å². The van der Waals surface area contributed by atoms with E-state index in [1.54, 1.807) is 13.8 Å². The number of amides is 1. The monoisotopic (exact) mass is 345 g/mol. The van der Waals surface area contributed by atoms with Gasteiger partial charge in [-0.05, 0) is 38.5 Å². The van der Waals surface area contributed by atoms with Crippen LogP contribution in [0, 0.1) is 6.92 Å². The molecule has 24 heavy (non-hydrogen) atoms. The van der Waals surface area contributed by atoms with Crippen molar-refractivity contribution in [3.8, 4) is 16.2 Å². The highest BCUT2D eigenvalue weighted by molar-refractivity contribution is 7.17. The molecule has 0 fully saturated rings. The molecule has 0 radical (unpaired) electrons. The number of hydrogen-bond donors (Lipinski definition) is 1. The van der Waals surface area contributed by atoms with Crippen molar-refractivity contribution in [2.75, 3.05) is 6.61 Å². The summed E-state index contributed by atoms with van der Waals surface area (Å²) in [5, 5.41) is 2.68. The van der Waals surface area contributed by atoms with Gasteiger partial charge in [-0.15, -0.1) is 11.3 Å². The Bertz CT molecular complexity index is 796. The van der Waals surface area contributed by atoms with Gasteiger partial charge in [0.05, 0.1) is 11.5 Å². The maximum Gasteiger partial charge on any atom is 0.328 e. The molecule has 126 valence electrons. The Balaban J connectivity index is 1.84. The summed E-state index contributed by atoms with van der Waals surface area (Å²) >= 11 is 1.42. The molecule has 0 aliphatic carbocycles. The zero-order valence-corrected chi connectivity index (χ0v) is 14.7. The second-order valence-electron chi connectivity index (χ2n) is 5.65. The predicted molar refractivity (Wildman–Crippen MR) is 92.4 cm³/mol. The fraction of sp³-hybridized carbons (Fsp3) is 0.333. The molecule has 2 heterocycles. The molecule has 0 spiro atoms. The molecule has 0 unspecified atom stereocenters. The van der Waals surface area contributed by atoms with Crippen LogP contribution in [0.15, 0.2) is 24.3 Å². The summed E-state index contributed by atoms with van der Waals surface area (Å²) in [5.41, 5.74) is 3.15. The zero-order chi connectivity index (χ0) is 17.3. The van der Waals surface area contributed by atoms with Gasteiger partial charge in [-0.25, -0.2) is 4.79 Å². The molecule has 1 atom stereocenters. The van der Waals surface area contributed by atoms with Gasteiger partial charge in [0.1, 0.15) is 18.4 Å². The number of aryl methyl sites for hydroxylation is 1. The molecule has 1 aliphatic rings. The fourth-order valence-corrected chi connectivity index (χ4v) is 3.85. The maximum atomic E-state index is 12.4. The van der Waals surface area contributed by atoms with Gasteiger partial charge < -0.3 is 14.8 Å². The molecule has 0 saturated carbocycles.